The van der Waals surface area contributed by atoms with Crippen molar-refractivity contribution in [2.45, 2.75) is 46.6 Å². The fraction of sp³-hybridized carbons (Fsp3) is 0.350. The van der Waals surface area contributed by atoms with Gasteiger partial charge in [0.15, 0.2) is 0 Å². The lowest BCUT2D eigenvalue weighted by atomic mass is 10.0. The van der Waals surface area contributed by atoms with E-state index in [4.69, 9.17) is 4.52 Å². The molecule has 3 aromatic rings. The summed E-state index contributed by atoms with van der Waals surface area (Å²) in [6, 6.07) is 10.1. The van der Waals surface area contributed by atoms with Crippen molar-refractivity contribution in [1.29, 1.82) is 0 Å². The highest BCUT2D eigenvalue weighted by Gasteiger charge is 2.18. The van der Waals surface area contributed by atoms with Crippen LogP contribution in [-0.2, 0) is 12.8 Å². The minimum atomic E-state index is -0.0487. The van der Waals surface area contributed by atoms with E-state index in [2.05, 4.69) is 15.5 Å². The van der Waals surface area contributed by atoms with Crippen LogP contribution in [0.1, 0.15) is 45.5 Å². The maximum Gasteiger partial charge on any atom is 0.263 e. The molecule has 1 N–H and O–H groups in total. The number of hydrogen-bond acceptors (Lipinski definition) is 5. The van der Waals surface area contributed by atoms with Gasteiger partial charge in [0.05, 0.1) is 10.7 Å². The Morgan fingerprint density at radius 1 is 1.19 bits per heavy atom. The third-order valence-electron chi connectivity index (χ3n) is 4.09. The molecule has 0 unspecified atom stereocenters. The molecule has 2 aromatic heterocycles. The zero-order valence-corrected chi connectivity index (χ0v) is 16.3. The smallest absolute Gasteiger partial charge is 0.263 e. The second-order valence-corrected chi connectivity index (χ2v) is 7.67. The molecule has 0 atom stereocenters. The van der Waals surface area contributed by atoms with Crippen LogP contribution in [0.3, 0.4) is 0 Å². The van der Waals surface area contributed by atoms with Gasteiger partial charge in [-0.05, 0) is 34.1 Å². The molecule has 1 aromatic carbocycles. The molecule has 0 aliphatic rings. The zero-order valence-electron chi connectivity index (χ0n) is 15.5. The highest BCUT2D eigenvalue weighted by Crippen LogP contribution is 2.27. The highest BCUT2D eigenvalue weighted by atomic mass is 32.1. The minimum absolute atomic E-state index is 0.0487. The van der Waals surface area contributed by atoms with Gasteiger partial charge >= 0.3 is 0 Å². The fourth-order valence-electron chi connectivity index (χ4n) is 2.84. The number of hydrogen-bond donors (Lipinski definition) is 1. The fourth-order valence-corrected chi connectivity index (χ4v) is 3.81. The lowest BCUT2D eigenvalue weighted by molar-refractivity contribution is 0.0946. The van der Waals surface area contributed by atoms with E-state index in [9.17, 15) is 4.79 Å². The predicted molar refractivity (Wildman–Crippen MR) is 104 cm³/mol. The van der Waals surface area contributed by atoms with Crippen molar-refractivity contribution >= 4 is 17.2 Å². The summed E-state index contributed by atoms with van der Waals surface area (Å²) in [5, 5.41) is 8.11. The van der Waals surface area contributed by atoms with Crippen molar-refractivity contribution in [3.05, 3.63) is 57.2 Å². The number of amides is 1. The lowest BCUT2D eigenvalue weighted by Crippen LogP contribution is -2.29. The largest absolute Gasteiger partial charge is 0.361 e. The van der Waals surface area contributed by atoms with Crippen LogP contribution in [0.15, 0.2) is 34.9 Å². The Hall–Kier alpha value is -2.47. The van der Waals surface area contributed by atoms with Crippen molar-refractivity contribution in [1.82, 2.24) is 15.5 Å². The summed E-state index contributed by atoms with van der Waals surface area (Å²) in [5.41, 5.74) is 3.81. The number of carbonyl (C=O) groups excluding carboxylic acids is 1. The van der Waals surface area contributed by atoms with Gasteiger partial charge in [-0.3, -0.25) is 4.79 Å². The molecule has 0 radical (unpaired) electrons. The Morgan fingerprint density at radius 3 is 2.62 bits per heavy atom. The number of carbonyl (C=O) groups is 1. The Labute approximate surface area is 157 Å². The van der Waals surface area contributed by atoms with Gasteiger partial charge in [0.25, 0.3) is 5.91 Å². The molecule has 0 saturated heterocycles. The van der Waals surface area contributed by atoms with Crippen LogP contribution in [0.25, 0.3) is 11.3 Å². The van der Waals surface area contributed by atoms with E-state index < -0.39 is 0 Å². The topological polar surface area (TPSA) is 68.0 Å². The van der Waals surface area contributed by atoms with Gasteiger partial charge in [0.2, 0.25) is 0 Å². The van der Waals surface area contributed by atoms with Crippen LogP contribution >= 0.6 is 11.3 Å². The van der Waals surface area contributed by atoms with Crippen LogP contribution in [0.4, 0.5) is 0 Å². The highest BCUT2D eigenvalue weighted by molar-refractivity contribution is 7.13. The number of rotatable bonds is 6. The van der Waals surface area contributed by atoms with E-state index in [0.29, 0.717) is 4.88 Å². The molecule has 0 spiro atoms. The second kappa shape index (κ2) is 7.83. The molecule has 26 heavy (non-hydrogen) atoms. The molecule has 0 bridgehead atoms. The third kappa shape index (κ3) is 4.02. The van der Waals surface area contributed by atoms with Gasteiger partial charge in [-0.15, -0.1) is 11.3 Å². The SMILES string of the molecule is Cc1nc(CCc2c(-c3ccccc3)noc2C)sc1C(=O)NC(C)C. The number of aromatic nitrogens is 2. The van der Waals surface area contributed by atoms with Crippen molar-refractivity contribution in [2.75, 3.05) is 0 Å². The average Bonchev–Trinajstić information content (AvgIpc) is 3.16. The molecule has 2 heterocycles. The summed E-state index contributed by atoms with van der Waals surface area (Å²) < 4.78 is 5.42. The van der Waals surface area contributed by atoms with Crippen LogP contribution in [0.2, 0.25) is 0 Å². The standard InChI is InChI=1S/C20H23N3O2S/c1-12(2)21-20(24)19-13(3)22-17(26-19)11-10-16-14(4)25-23-18(16)15-8-6-5-7-9-15/h5-9,12H,10-11H2,1-4H3,(H,21,24). The maximum atomic E-state index is 12.2. The Bertz CT molecular complexity index is 897. The van der Waals surface area contributed by atoms with Gasteiger partial charge in [0, 0.05) is 23.6 Å². The molecule has 0 saturated carbocycles. The molecule has 3 rings (SSSR count). The molecule has 0 aliphatic heterocycles. The number of nitrogens with zero attached hydrogens (tertiary/aromatic N) is 2. The number of thiazole rings is 1. The summed E-state index contributed by atoms with van der Waals surface area (Å²) in [6.07, 6.45) is 1.53. The van der Waals surface area contributed by atoms with Gasteiger partial charge in [-0.1, -0.05) is 35.5 Å². The summed E-state index contributed by atoms with van der Waals surface area (Å²) >= 11 is 1.46. The van der Waals surface area contributed by atoms with Crippen molar-refractivity contribution in [3.8, 4) is 11.3 Å². The monoisotopic (exact) mass is 369 g/mol. The molecule has 0 fully saturated rings. The van der Waals surface area contributed by atoms with Crippen LogP contribution in [-0.4, -0.2) is 22.1 Å². The maximum absolute atomic E-state index is 12.2. The van der Waals surface area contributed by atoms with Crippen LogP contribution in [0.5, 0.6) is 0 Å². The number of benzene rings is 1. The number of aryl methyl sites for hydroxylation is 3. The van der Waals surface area contributed by atoms with E-state index in [-0.39, 0.29) is 11.9 Å². The molecule has 1 amide bonds. The quantitative estimate of drug-likeness (QED) is 0.702. The number of nitrogens with one attached hydrogen (secondary N) is 1. The van der Waals surface area contributed by atoms with Crippen molar-refractivity contribution in [3.63, 3.8) is 0 Å². The Morgan fingerprint density at radius 2 is 1.92 bits per heavy atom. The normalized spacial score (nSPS) is 11.1. The first-order valence-electron chi connectivity index (χ1n) is 8.73. The van der Waals surface area contributed by atoms with E-state index >= 15 is 0 Å². The van der Waals surface area contributed by atoms with E-state index in [1.54, 1.807) is 0 Å². The van der Waals surface area contributed by atoms with Gasteiger partial charge in [0.1, 0.15) is 16.3 Å². The zero-order chi connectivity index (χ0) is 18.7. The van der Waals surface area contributed by atoms with E-state index in [1.807, 2.05) is 58.0 Å². The predicted octanol–water partition coefficient (Wildman–Crippen LogP) is 4.34. The Balaban J connectivity index is 1.77. The molecule has 5 nitrogen and oxygen atoms in total. The van der Waals surface area contributed by atoms with E-state index in [0.717, 1.165) is 46.1 Å². The first-order valence-corrected chi connectivity index (χ1v) is 9.55. The molecular weight excluding hydrogens is 346 g/mol. The summed E-state index contributed by atoms with van der Waals surface area (Å²) in [4.78, 5) is 17.5. The van der Waals surface area contributed by atoms with Gasteiger partial charge in [-0.25, -0.2) is 4.98 Å². The Kier molecular flexibility index (Phi) is 5.52. The molecule has 6 heteroatoms. The van der Waals surface area contributed by atoms with Gasteiger partial charge < -0.3 is 9.84 Å². The minimum Gasteiger partial charge on any atom is -0.361 e. The third-order valence-corrected chi connectivity index (χ3v) is 5.30. The summed E-state index contributed by atoms with van der Waals surface area (Å²) in [7, 11) is 0. The molecular formula is C20H23N3O2S. The molecule has 0 aliphatic carbocycles. The van der Waals surface area contributed by atoms with E-state index in [1.165, 1.54) is 11.3 Å². The van der Waals surface area contributed by atoms with Gasteiger partial charge in [-0.2, -0.15) is 0 Å². The summed E-state index contributed by atoms with van der Waals surface area (Å²) in [6.45, 7) is 7.72. The molecule has 136 valence electrons. The first kappa shape index (κ1) is 18.3. The van der Waals surface area contributed by atoms with Crippen molar-refractivity contribution in [2.24, 2.45) is 0 Å². The second-order valence-electron chi connectivity index (χ2n) is 6.58. The van der Waals surface area contributed by atoms with Crippen molar-refractivity contribution < 1.29 is 9.32 Å². The average molecular weight is 369 g/mol. The first-order chi connectivity index (χ1) is 12.5. The van der Waals surface area contributed by atoms with Crippen LogP contribution in [0, 0.1) is 13.8 Å². The van der Waals surface area contributed by atoms with Crippen LogP contribution < -0.4 is 5.32 Å². The lowest BCUT2D eigenvalue weighted by Gasteiger charge is -2.06. The summed E-state index contributed by atoms with van der Waals surface area (Å²) in [5.74, 6) is 0.780.